The maximum absolute atomic E-state index is 11.9. The van der Waals surface area contributed by atoms with Crippen LogP contribution in [0.5, 0.6) is 0 Å². The largest absolute Gasteiger partial charge is 0.368 e. The minimum atomic E-state index is -0.585. The molecule has 0 saturated heterocycles. The molecule has 1 saturated carbocycles. The van der Waals surface area contributed by atoms with E-state index in [2.05, 4.69) is 20.3 Å². The zero-order valence-corrected chi connectivity index (χ0v) is 10.1. The van der Waals surface area contributed by atoms with Crippen molar-refractivity contribution in [1.29, 1.82) is 0 Å². The number of carbonyl (C=O) groups excluding carboxylic acids is 2. The van der Waals surface area contributed by atoms with Crippen LogP contribution in [-0.4, -0.2) is 33.3 Å². The Balaban J connectivity index is 1.91. The Bertz CT molecular complexity index is 659. The Morgan fingerprint density at radius 3 is 2.95 bits per heavy atom. The molecule has 2 amide bonds. The number of hydrogen-bond acceptors (Lipinski definition) is 4. The van der Waals surface area contributed by atoms with Gasteiger partial charge in [0.25, 0.3) is 5.91 Å². The number of rotatable bonds is 4. The molecule has 7 nitrogen and oxygen atoms in total. The van der Waals surface area contributed by atoms with Gasteiger partial charge in [-0.15, -0.1) is 0 Å². The van der Waals surface area contributed by atoms with Crippen LogP contribution in [0.1, 0.15) is 34.8 Å². The van der Waals surface area contributed by atoms with Crippen LogP contribution in [0.2, 0.25) is 0 Å². The number of nitrogens with one attached hydrogen (secondary N) is 2. The summed E-state index contributed by atoms with van der Waals surface area (Å²) in [7, 11) is 0. The quantitative estimate of drug-likeness (QED) is 0.719. The number of aromatic amines is 1. The highest BCUT2D eigenvalue weighted by molar-refractivity contribution is 6.05. The van der Waals surface area contributed by atoms with E-state index in [-0.39, 0.29) is 12.5 Å². The first kappa shape index (κ1) is 11.6. The average molecular weight is 259 g/mol. The van der Waals surface area contributed by atoms with Crippen molar-refractivity contribution in [3.8, 4) is 0 Å². The zero-order valence-electron chi connectivity index (χ0n) is 10.1. The molecule has 0 spiro atoms. The van der Waals surface area contributed by atoms with Gasteiger partial charge < -0.3 is 16.0 Å². The fourth-order valence-corrected chi connectivity index (χ4v) is 1.92. The molecule has 7 heteroatoms. The van der Waals surface area contributed by atoms with Gasteiger partial charge >= 0.3 is 0 Å². The lowest BCUT2D eigenvalue weighted by molar-refractivity contribution is -0.117. The minimum Gasteiger partial charge on any atom is -0.368 e. The molecule has 3 rings (SSSR count). The van der Waals surface area contributed by atoms with Crippen molar-refractivity contribution in [3.63, 3.8) is 0 Å². The molecule has 1 aliphatic rings. The summed E-state index contributed by atoms with van der Waals surface area (Å²) in [5.74, 6) is -0.501. The third-order valence-electron chi connectivity index (χ3n) is 3.06. The van der Waals surface area contributed by atoms with Crippen molar-refractivity contribution in [1.82, 2.24) is 20.3 Å². The summed E-state index contributed by atoms with van der Waals surface area (Å²) in [6.07, 6.45) is 5.51. The van der Waals surface area contributed by atoms with E-state index in [1.807, 2.05) is 0 Å². The van der Waals surface area contributed by atoms with Crippen LogP contribution < -0.4 is 11.1 Å². The van der Waals surface area contributed by atoms with Crippen LogP contribution in [0.15, 0.2) is 12.4 Å². The van der Waals surface area contributed by atoms with Crippen LogP contribution in [0.3, 0.4) is 0 Å². The first-order valence-corrected chi connectivity index (χ1v) is 6.05. The third-order valence-corrected chi connectivity index (χ3v) is 3.06. The van der Waals surface area contributed by atoms with Crippen molar-refractivity contribution in [2.75, 3.05) is 6.54 Å². The van der Waals surface area contributed by atoms with Gasteiger partial charge in [-0.1, -0.05) is 0 Å². The molecule has 1 aliphatic carbocycles. The number of hydrogen-bond donors (Lipinski definition) is 3. The SMILES string of the molecule is NC(=O)CNC(=O)c1c[nH]c2ncc(C3CC3)nc12. The summed E-state index contributed by atoms with van der Waals surface area (Å²) in [5, 5.41) is 2.44. The van der Waals surface area contributed by atoms with Crippen LogP contribution in [0.4, 0.5) is 0 Å². The Hall–Kier alpha value is -2.44. The Kier molecular flexibility index (Phi) is 2.66. The summed E-state index contributed by atoms with van der Waals surface area (Å²) in [6, 6.07) is 0. The molecule has 4 N–H and O–H groups in total. The molecule has 0 radical (unpaired) electrons. The third kappa shape index (κ3) is 2.26. The standard InChI is InChI=1S/C12H13N5O2/c13-9(18)5-16-12(19)7-3-14-11-10(7)17-8(4-15-11)6-1-2-6/h3-4,6H,1-2,5H2,(H2,13,18)(H,14,15)(H,16,19). The average Bonchev–Trinajstić information content (AvgIpc) is 3.15. The van der Waals surface area contributed by atoms with Crippen molar-refractivity contribution in [2.24, 2.45) is 5.73 Å². The Morgan fingerprint density at radius 2 is 2.26 bits per heavy atom. The summed E-state index contributed by atoms with van der Waals surface area (Å²) in [4.78, 5) is 34.2. The second-order valence-corrected chi connectivity index (χ2v) is 4.62. The molecule has 0 aromatic carbocycles. The first-order chi connectivity index (χ1) is 9.15. The zero-order chi connectivity index (χ0) is 13.4. The monoisotopic (exact) mass is 259 g/mol. The molecule has 2 aromatic heterocycles. The highest BCUT2D eigenvalue weighted by Gasteiger charge is 2.26. The molecular formula is C12H13N5O2. The molecule has 2 heterocycles. The van der Waals surface area contributed by atoms with Crippen LogP contribution in [-0.2, 0) is 4.79 Å². The molecule has 2 aromatic rings. The van der Waals surface area contributed by atoms with Gasteiger partial charge in [0, 0.05) is 12.1 Å². The molecule has 0 aliphatic heterocycles. The first-order valence-electron chi connectivity index (χ1n) is 6.05. The van der Waals surface area contributed by atoms with Gasteiger partial charge in [0.05, 0.1) is 24.0 Å². The van der Waals surface area contributed by atoms with Crippen molar-refractivity contribution < 1.29 is 9.59 Å². The predicted molar refractivity (Wildman–Crippen MR) is 67.4 cm³/mol. The number of nitrogens with zero attached hydrogens (tertiary/aromatic N) is 2. The van der Waals surface area contributed by atoms with E-state index in [1.54, 1.807) is 6.20 Å². The van der Waals surface area contributed by atoms with E-state index in [4.69, 9.17) is 5.73 Å². The summed E-state index contributed by atoms with van der Waals surface area (Å²) >= 11 is 0. The number of carbonyl (C=O) groups is 2. The Labute approximate surface area is 108 Å². The maximum atomic E-state index is 11.9. The highest BCUT2D eigenvalue weighted by atomic mass is 16.2. The van der Waals surface area contributed by atoms with Gasteiger partial charge in [-0.05, 0) is 12.8 Å². The lowest BCUT2D eigenvalue weighted by Gasteiger charge is -2.01. The van der Waals surface area contributed by atoms with Gasteiger partial charge in [-0.25, -0.2) is 9.97 Å². The van der Waals surface area contributed by atoms with E-state index in [9.17, 15) is 9.59 Å². The number of amides is 2. The number of primary amides is 1. The van der Waals surface area contributed by atoms with Gasteiger partial charge in [-0.2, -0.15) is 0 Å². The molecule has 19 heavy (non-hydrogen) atoms. The number of H-pyrrole nitrogens is 1. The topological polar surface area (TPSA) is 114 Å². The van der Waals surface area contributed by atoms with E-state index >= 15 is 0 Å². The van der Waals surface area contributed by atoms with Crippen molar-refractivity contribution in [2.45, 2.75) is 18.8 Å². The maximum Gasteiger partial charge on any atom is 0.255 e. The van der Waals surface area contributed by atoms with Crippen LogP contribution >= 0.6 is 0 Å². The van der Waals surface area contributed by atoms with Crippen LogP contribution in [0.25, 0.3) is 11.2 Å². The molecule has 98 valence electrons. The van der Waals surface area contributed by atoms with Gasteiger partial charge in [0.1, 0.15) is 5.52 Å². The lowest BCUT2D eigenvalue weighted by atomic mass is 10.2. The molecule has 1 fully saturated rings. The summed E-state index contributed by atoms with van der Waals surface area (Å²) in [5.41, 5.74) is 7.38. The molecular weight excluding hydrogens is 246 g/mol. The van der Waals surface area contributed by atoms with E-state index < -0.39 is 5.91 Å². The lowest BCUT2D eigenvalue weighted by Crippen LogP contribution is -2.33. The van der Waals surface area contributed by atoms with Crippen molar-refractivity contribution >= 4 is 23.0 Å². The summed E-state index contributed by atoms with van der Waals surface area (Å²) < 4.78 is 0. The van der Waals surface area contributed by atoms with Gasteiger partial charge in [0.15, 0.2) is 5.65 Å². The van der Waals surface area contributed by atoms with E-state index in [0.717, 1.165) is 18.5 Å². The summed E-state index contributed by atoms with van der Waals surface area (Å²) in [6.45, 7) is -0.193. The van der Waals surface area contributed by atoms with E-state index in [0.29, 0.717) is 22.6 Å². The number of fused-ring (bicyclic) bond motifs is 1. The normalized spacial score (nSPS) is 14.5. The highest BCUT2D eigenvalue weighted by Crippen LogP contribution is 2.39. The second-order valence-electron chi connectivity index (χ2n) is 4.62. The van der Waals surface area contributed by atoms with Crippen molar-refractivity contribution in [3.05, 3.63) is 23.7 Å². The fourth-order valence-electron chi connectivity index (χ4n) is 1.92. The van der Waals surface area contributed by atoms with Crippen LogP contribution in [0, 0.1) is 0 Å². The second kappa shape index (κ2) is 4.34. The van der Waals surface area contributed by atoms with E-state index in [1.165, 1.54) is 6.20 Å². The minimum absolute atomic E-state index is 0.193. The number of aromatic nitrogens is 3. The number of nitrogens with two attached hydrogens (primary N) is 1. The van der Waals surface area contributed by atoms with Gasteiger partial charge in [0.2, 0.25) is 5.91 Å². The molecule has 0 atom stereocenters. The predicted octanol–water partition coefficient (Wildman–Crippen LogP) is 0.0504. The molecule has 0 bridgehead atoms. The molecule has 0 unspecified atom stereocenters. The fraction of sp³-hybridized carbons (Fsp3) is 0.333. The van der Waals surface area contributed by atoms with Gasteiger partial charge in [-0.3, -0.25) is 9.59 Å². The Morgan fingerprint density at radius 1 is 1.47 bits per heavy atom. The smallest absolute Gasteiger partial charge is 0.255 e.